The molecule has 10 aromatic carbocycles. The molecule has 0 aliphatic rings. The smallest absolute Gasteiger partial charge is 0.238 e. The lowest BCUT2D eigenvalue weighted by Crippen LogP contribution is -2.06. The maximum Gasteiger partial charge on any atom is 0.238 e. The van der Waals surface area contributed by atoms with Gasteiger partial charge in [-0.25, -0.2) is 4.98 Å². The molecule has 0 fully saturated rings. The zero-order valence-electron chi connectivity index (χ0n) is 33.4. The summed E-state index contributed by atoms with van der Waals surface area (Å²) in [4.78, 5) is 15.6. The fraction of sp³-hybridized carbons (Fsp3) is 0. The Labute approximate surface area is 356 Å². The largest absolute Gasteiger partial charge is 0.309 e. The molecular formula is C57H35N5. The lowest BCUT2D eigenvalue weighted by molar-refractivity contribution is 0.955. The molecule has 13 aromatic rings. The molecule has 5 nitrogen and oxygen atoms in total. The highest BCUT2D eigenvalue weighted by molar-refractivity contribution is 6.27. The Balaban J connectivity index is 1.06. The van der Waals surface area contributed by atoms with E-state index in [1.165, 1.54) is 37.9 Å². The number of nitrogens with zero attached hydrogens (tertiary/aromatic N) is 5. The topological polar surface area (TPSA) is 48.5 Å². The molecular weight excluding hydrogens is 755 g/mol. The Hall–Kier alpha value is -8.41. The normalized spacial score (nSPS) is 11.9. The van der Waals surface area contributed by atoms with Crippen molar-refractivity contribution in [3.05, 3.63) is 212 Å². The van der Waals surface area contributed by atoms with Crippen LogP contribution in [0.25, 0.3) is 121 Å². The number of aromatic nitrogens is 5. The summed E-state index contributed by atoms with van der Waals surface area (Å²) >= 11 is 0. The second kappa shape index (κ2) is 13.6. The van der Waals surface area contributed by atoms with Gasteiger partial charge in [0.15, 0.2) is 11.6 Å². The monoisotopic (exact) mass is 789 g/mol. The van der Waals surface area contributed by atoms with E-state index >= 15 is 0 Å². The van der Waals surface area contributed by atoms with Gasteiger partial charge in [-0.2, -0.15) is 9.97 Å². The summed E-state index contributed by atoms with van der Waals surface area (Å²) < 4.78 is 4.67. The third kappa shape index (κ3) is 5.18. The summed E-state index contributed by atoms with van der Waals surface area (Å²) in [6, 6.07) is 75.7. The highest BCUT2D eigenvalue weighted by Crippen LogP contribution is 2.43. The first kappa shape index (κ1) is 34.5. The predicted octanol–water partition coefficient (Wildman–Crippen LogP) is 14.5. The molecule has 0 aliphatic heterocycles. The summed E-state index contributed by atoms with van der Waals surface area (Å²) in [6.45, 7) is 0. The van der Waals surface area contributed by atoms with E-state index in [1.54, 1.807) is 0 Å². The Morgan fingerprint density at radius 1 is 0.274 bits per heavy atom. The molecule has 5 heteroatoms. The number of rotatable bonds is 5. The summed E-state index contributed by atoms with van der Waals surface area (Å²) in [5, 5.41) is 12.2. The molecule has 0 saturated carbocycles. The summed E-state index contributed by atoms with van der Waals surface area (Å²) in [7, 11) is 0. The second-order valence-corrected chi connectivity index (χ2v) is 16.0. The standard InChI is InChI=1S/C57H35N5/c1-3-16-36(17-4-1)55-58-56(37-18-5-2-6-19-37)60-57(59-55)62-50-28-13-11-26-46(50)47-32-33-52-53(54(47)62)48-27-12-14-29-51(48)61(52)40-21-15-20-38(34-40)39-30-31-45-43-24-8-7-22-41(43)42-23-9-10-25-44(42)49(45)35-39/h1-35H. The fourth-order valence-corrected chi connectivity index (χ4v) is 9.80. The van der Waals surface area contributed by atoms with Crippen LogP contribution in [0.15, 0.2) is 212 Å². The van der Waals surface area contributed by atoms with Crippen molar-refractivity contribution in [3.63, 3.8) is 0 Å². The average molecular weight is 790 g/mol. The van der Waals surface area contributed by atoms with Crippen LogP contribution in [-0.2, 0) is 0 Å². The number of hydrogen-bond acceptors (Lipinski definition) is 3. The van der Waals surface area contributed by atoms with Crippen molar-refractivity contribution in [2.75, 3.05) is 0 Å². The number of benzene rings is 10. The van der Waals surface area contributed by atoms with Gasteiger partial charge in [0, 0.05) is 38.4 Å². The van der Waals surface area contributed by atoms with Crippen LogP contribution in [0.2, 0.25) is 0 Å². The molecule has 3 heterocycles. The van der Waals surface area contributed by atoms with Crippen LogP contribution in [0.4, 0.5) is 0 Å². The lowest BCUT2D eigenvalue weighted by Gasteiger charge is -2.13. The van der Waals surface area contributed by atoms with Crippen molar-refractivity contribution in [2.24, 2.45) is 0 Å². The molecule has 62 heavy (non-hydrogen) atoms. The first-order chi connectivity index (χ1) is 30.8. The molecule has 0 unspecified atom stereocenters. The van der Waals surface area contributed by atoms with Crippen molar-refractivity contribution >= 4 is 75.9 Å². The van der Waals surface area contributed by atoms with Crippen LogP contribution in [0, 0.1) is 0 Å². The van der Waals surface area contributed by atoms with Crippen molar-refractivity contribution in [3.8, 4) is 45.5 Å². The predicted molar refractivity (Wildman–Crippen MR) is 257 cm³/mol. The number of fused-ring (bicyclic) bond motifs is 13. The Kier molecular flexibility index (Phi) is 7.54. The minimum atomic E-state index is 0.576. The van der Waals surface area contributed by atoms with Gasteiger partial charge in [0.1, 0.15) is 0 Å². The van der Waals surface area contributed by atoms with E-state index < -0.39 is 0 Å². The SMILES string of the molecule is c1ccc(-c2nc(-c3ccccc3)nc(-n3c4ccccc4c4ccc5c(c6ccccc6n5-c5cccc(-c6ccc7c8ccccc8c8ccccc8c7c6)c5)c43)n2)cc1. The molecule has 0 radical (unpaired) electrons. The van der Waals surface area contributed by atoms with Crippen LogP contribution in [0.3, 0.4) is 0 Å². The van der Waals surface area contributed by atoms with Gasteiger partial charge < -0.3 is 4.57 Å². The summed E-state index contributed by atoms with van der Waals surface area (Å²) in [5.74, 6) is 1.83. The van der Waals surface area contributed by atoms with E-state index in [-0.39, 0.29) is 0 Å². The van der Waals surface area contributed by atoms with E-state index in [4.69, 9.17) is 15.0 Å². The van der Waals surface area contributed by atoms with Gasteiger partial charge in [-0.15, -0.1) is 0 Å². The van der Waals surface area contributed by atoms with Gasteiger partial charge in [0.05, 0.1) is 22.1 Å². The van der Waals surface area contributed by atoms with Gasteiger partial charge in [-0.3, -0.25) is 4.57 Å². The van der Waals surface area contributed by atoms with Crippen LogP contribution in [0.5, 0.6) is 0 Å². The zero-order valence-corrected chi connectivity index (χ0v) is 33.4. The minimum absolute atomic E-state index is 0.576. The first-order valence-corrected chi connectivity index (χ1v) is 21.0. The number of hydrogen-bond donors (Lipinski definition) is 0. The van der Waals surface area contributed by atoms with E-state index in [1.807, 2.05) is 36.4 Å². The number of para-hydroxylation sites is 2. The maximum absolute atomic E-state index is 5.26. The van der Waals surface area contributed by atoms with Crippen LogP contribution in [0.1, 0.15) is 0 Å². The Morgan fingerprint density at radius 3 is 1.40 bits per heavy atom. The Bertz CT molecular complexity index is 3830. The maximum atomic E-state index is 5.26. The zero-order chi connectivity index (χ0) is 40.7. The molecule has 288 valence electrons. The van der Waals surface area contributed by atoms with Crippen molar-refractivity contribution < 1.29 is 0 Å². The van der Waals surface area contributed by atoms with Gasteiger partial charge in [-0.05, 0) is 79.8 Å². The molecule has 0 atom stereocenters. The van der Waals surface area contributed by atoms with Crippen molar-refractivity contribution in [1.82, 2.24) is 24.1 Å². The third-order valence-corrected chi connectivity index (χ3v) is 12.5. The van der Waals surface area contributed by atoms with Gasteiger partial charge in [0.2, 0.25) is 5.95 Å². The lowest BCUT2D eigenvalue weighted by atomic mass is 9.92. The quantitative estimate of drug-likeness (QED) is 0.163. The molecule has 0 saturated heterocycles. The van der Waals surface area contributed by atoms with Crippen LogP contribution >= 0.6 is 0 Å². The minimum Gasteiger partial charge on any atom is -0.309 e. The Morgan fingerprint density at radius 2 is 0.758 bits per heavy atom. The second-order valence-electron chi connectivity index (χ2n) is 16.0. The van der Waals surface area contributed by atoms with E-state index in [0.29, 0.717) is 17.6 Å². The van der Waals surface area contributed by atoms with Crippen LogP contribution in [-0.4, -0.2) is 24.1 Å². The molecule has 0 spiro atoms. The molecule has 0 amide bonds. The van der Waals surface area contributed by atoms with Crippen molar-refractivity contribution in [2.45, 2.75) is 0 Å². The summed E-state index contributed by atoms with van der Waals surface area (Å²) in [5.41, 5.74) is 9.64. The molecule has 0 aliphatic carbocycles. The highest BCUT2D eigenvalue weighted by atomic mass is 15.2. The highest BCUT2D eigenvalue weighted by Gasteiger charge is 2.23. The molecule has 13 rings (SSSR count). The summed E-state index contributed by atoms with van der Waals surface area (Å²) in [6.07, 6.45) is 0. The average Bonchev–Trinajstić information content (AvgIpc) is 3.87. The molecule has 0 N–H and O–H groups in total. The van der Waals surface area contributed by atoms with Crippen molar-refractivity contribution in [1.29, 1.82) is 0 Å². The van der Waals surface area contributed by atoms with E-state index in [2.05, 4.69) is 185 Å². The van der Waals surface area contributed by atoms with E-state index in [9.17, 15) is 0 Å². The van der Waals surface area contributed by atoms with Gasteiger partial charge in [-0.1, -0.05) is 176 Å². The van der Waals surface area contributed by atoms with Gasteiger partial charge >= 0.3 is 0 Å². The van der Waals surface area contributed by atoms with Gasteiger partial charge in [0.25, 0.3) is 0 Å². The van der Waals surface area contributed by atoms with Crippen LogP contribution < -0.4 is 0 Å². The third-order valence-electron chi connectivity index (χ3n) is 12.5. The first-order valence-electron chi connectivity index (χ1n) is 21.0. The van der Waals surface area contributed by atoms with E-state index in [0.717, 1.165) is 66.0 Å². The fourth-order valence-electron chi connectivity index (χ4n) is 9.80. The molecule has 3 aromatic heterocycles. The molecule has 0 bridgehead atoms.